The molecule has 0 radical (unpaired) electrons. The van der Waals surface area contributed by atoms with E-state index in [0.29, 0.717) is 5.92 Å². The zero-order valence-corrected chi connectivity index (χ0v) is 11.4. The molecule has 0 aromatic heterocycles. The van der Waals surface area contributed by atoms with E-state index in [1.807, 2.05) is 6.92 Å². The van der Waals surface area contributed by atoms with Crippen molar-refractivity contribution in [2.75, 3.05) is 20.1 Å². The maximum atomic E-state index is 10.9. The first kappa shape index (κ1) is 13.1. The zero-order chi connectivity index (χ0) is 13.1. The van der Waals surface area contributed by atoms with Gasteiger partial charge in [0.2, 0.25) is 5.91 Å². The molecular formula is C15H22N2O. The van der Waals surface area contributed by atoms with Crippen LogP contribution in [0.5, 0.6) is 0 Å². The maximum Gasteiger partial charge on any atom is 0.217 e. The highest BCUT2D eigenvalue weighted by Crippen LogP contribution is 2.25. The van der Waals surface area contributed by atoms with E-state index in [2.05, 4.69) is 41.5 Å². The number of benzene rings is 1. The molecule has 1 saturated heterocycles. The lowest BCUT2D eigenvalue weighted by atomic mass is 9.91. The Morgan fingerprint density at radius 1 is 1.39 bits per heavy atom. The molecule has 2 rings (SSSR count). The van der Waals surface area contributed by atoms with Crippen LogP contribution in [-0.2, 0) is 11.2 Å². The van der Waals surface area contributed by atoms with Gasteiger partial charge in [0.25, 0.3) is 0 Å². The zero-order valence-electron chi connectivity index (χ0n) is 11.4. The average Bonchev–Trinajstić information content (AvgIpc) is 2.25. The lowest BCUT2D eigenvalue weighted by Crippen LogP contribution is -2.41. The summed E-state index contributed by atoms with van der Waals surface area (Å²) in [5.74, 6) is 0.744. The highest BCUT2D eigenvalue weighted by atomic mass is 16.1. The van der Waals surface area contributed by atoms with E-state index < -0.39 is 0 Å². The number of likely N-dealkylation sites (tertiary alicyclic amines) is 1. The van der Waals surface area contributed by atoms with Crippen molar-refractivity contribution in [2.24, 2.45) is 0 Å². The Morgan fingerprint density at radius 2 is 2.00 bits per heavy atom. The van der Waals surface area contributed by atoms with Gasteiger partial charge in [0.1, 0.15) is 0 Å². The lowest BCUT2D eigenvalue weighted by molar-refractivity contribution is -0.119. The number of likely N-dealkylation sites (N-methyl/N-ethyl adjacent to an activating group) is 1. The van der Waals surface area contributed by atoms with Crippen molar-refractivity contribution in [2.45, 2.75) is 32.2 Å². The Labute approximate surface area is 109 Å². The number of nitrogens with zero attached hydrogens (tertiary/aromatic N) is 1. The van der Waals surface area contributed by atoms with Crippen LogP contribution in [0.1, 0.15) is 30.9 Å². The van der Waals surface area contributed by atoms with E-state index in [1.54, 1.807) is 6.92 Å². The molecule has 0 bridgehead atoms. The number of carbonyl (C=O) groups is 1. The SMILES string of the molecule is CC(=O)NC(C)Cc1ccc(C2CN(C)C2)cc1. The number of nitrogens with one attached hydrogen (secondary N) is 1. The molecule has 1 amide bonds. The number of hydrogen-bond acceptors (Lipinski definition) is 2. The fourth-order valence-corrected chi connectivity index (χ4v) is 2.59. The fraction of sp³-hybridized carbons (Fsp3) is 0.533. The second kappa shape index (κ2) is 5.53. The summed E-state index contributed by atoms with van der Waals surface area (Å²) < 4.78 is 0. The van der Waals surface area contributed by atoms with Gasteiger partial charge in [-0.05, 0) is 31.5 Å². The second-order valence-electron chi connectivity index (χ2n) is 5.47. The van der Waals surface area contributed by atoms with Crippen molar-refractivity contribution in [3.8, 4) is 0 Å². The topological polar surface area (TPSA) is 32.3 Å². The summed E-state index contributed by atoms with van der Waals surface area (Å²) in [4.78, 5) is 13.3. The van der Waals surface area contributed by atoms with Crippen molar-refractivity contribution in [3.05, 3.63) is 35.4 Å². The van der Waals surface area contributed by atoms with Crippen LogP contribution < -0.4 is 5.32 Å². The molecule has 0 aliphatic carbocycles. The van der Waals surface area contributed by atoms with Crippen LogP contribution in [0.4, 0.5) is 0 Å². The van der Waals surface area contributed by atoms with Gasteiger partial charge < -0.3 is 10.2 Å². The Morgan fingerprint density at radius 3 is 2.50 bits per heavy atom. The Bertz CT molecular complexity index is 407. The molecule has 1 heterocycles. The van der Waals surface area contributed by atoms with Gasteiger partial charge in [0.15, 0.2) is 0 Å². The maximum absolute atomic E-state index is 10.9. The molecule has 0 spiro atoms. The summed E-state index contributed by atoms with van der Waals surface area (Å²) >= 11 is 0. The van der Waals surface area contributed by atoms with Crippen LogP contribution in [0.25, 0.3) is 0 Å². The summed E-state index contributed by atoms with van der Waals surface area (Å²) in [5, 5.41) is 2.91. The van der Waals surface area contributed by atoms with Gasteiger partial charge >= 0.3 is 0 Å². The predicted molar refractivity (Wildman–Crippen MR) is 73.7 cm³/mol. The van der Waals surface area contributed by atoms with Crippen LogP contribution in [0.3, 0.4) is 0 Å². The highest BCUT2D eigenvalue weighted by Gasteiger charge is 2.24. The van der Waals surface area contributed by atoms with Gasteiger partial charge in [-0.3, -0.25) is 4.79 Å². The van der Waals surface area contributed by atoms with Gasteiger partial charge in [-0.25, -0.2) is 0 Å². The monoisotopic (exact) mass is 246 g/mol. The predicted octanol–water partition coefficient (Wildman–Crippen LogP) is 1.78. The van der Waals surface area contributed by atoms with Gasteiger partial charge in [0, 0.05) is 32.0 Å². The summed E-state index contributed by atoms with van der Waals surface area (Å²) in [6.07, 6.45) is 0.893. The van der Waals surface area contributed by atoms with E-state index >= 15 is 0 Å². The Hall–Kier alpha value is -1.35. The molecule has 1 atom stereocenters. The Kier molecular flexibility index (Phi) is 4.02. The molecule has 3 heteroatoms. The molecule has 0 saturated carbocycles. The standard InChI is InChI=1S/C15H22N2O/c1-11(16-12(2)18)8-13-4-6-14(7-5-13)15-9-17(3)10-15/h4-7,11,15H,8-10H2,1-3H3,(H,16,18). The number of hydrogen-bond donors (Lipinski definition) is 1. The van der Waals surface area contributed by atoms with Crippen molar-refractivity contribution in [1.82, 2.24) is 10.2 Å². The largest absolute Gasteiger partial charge is 0.354 e. The van der Waals surface area contributed by atoms with Gasteiger partial charge in [-0.15, -0.1) is 0 Å². The molecule has 1 aromatic rings. The summed E-state index contributed by atoms with van der Waals surface area (Å²) in [6.45, 7) is 5.94. The normalized spacial score (nSPS) is 18.2. The van der Waals surface area contributed by atoms with Crippen LogP contribution in [-0.4, -0.2) is 37.0 Å². The number of amides is 1. The van der Waals surface area contributed by atoms with E-state index in [4.69, 9.17) is 0 Å². The summed E-state index contributed by atoms with van der Waals surface area (Å²) in [5.41, 5.74) is 2.72. The fourth-order valence-electron chi connectivity index (χ4n) is 2.59. The number of rotatable bonds is 4. The first-order valence-electron chi connectivity index (χ1n) is 6.59. The Balaban J connectivity index is 1.89. The minimum absolute atomic E-state index is 0.0385. The quantitative estimate of drug-likeness (QED) is 0.878. The third-order valence-electron chi connectivity index (χ3n) is 3.51. The first-order chi connectivity index (χ1) is 8.54. The van der Waals surface area contributed by atoms with Crippen molar-refractivity contribution >= 4 is 5.91 Å². The summed E-state index contributed by atoms with van der Waals surface area (Å²) in [7, 11) is 2.15. The molecule has 1 aliphatic rings. The molecule has 1 aliphatic heterocycles. The molecule has 98 valence electrons. The molecule has 1 fully saturated rings. The van der Waals surface area contributed by atoms with Crippen LogP contribution in [0.15, 0.2) is 24.3 Å². The van der Waals surface area contributed by atoms with E-state index in [-0.39, 0.29) is 11.9 Å². The van der Waals surface area contributed by atoms with Crippen LogP contribution in [0.2, 0.25) is 0 Å². The molecule has 1 unspecified atom stereocenters. The summed E-state index contributed by atoms with van der Waals surface area (Å²) in [6, 6.07) is 9.03. The average molecular weight is 246 g/mol. The van der Waals surface area contributed by atoms with E-state index in [1.165, 1.54) is 24.2 Å². The van der Waals surface area contributed by atoms with Crippen molar-refractivity contribution in [1.29, 1.82) is 0 Å². The van der Waals surface area contributed by atoms with E-state index in [9.17, 15) is 4.79 Å². The molecule has 1 aromatic carbocycles. The second-order valence-corrected chi connectivity index (χ2v) is 5.47. The molecule has 3 nitrogen and oxygen atoms in total. The van der Waals surface area contributed by atoms with E-state index in [0.717, 1.165) is 6.42 Å². The third kappa shape index (κ3) is 3.33. The van der Waals surface area contributed by atoms with Gasteiger partial charge in [-0.1, -0.05) is 24.3 Å². The van der Waals surface area contributed by atoms with Crippen LogP contribution in [0, 0.1) is 0 Å². The molecule has 1 N–H and O–H groups in total. The molecular weight excluding hydrogens is 224 g/mol. The smallest absolute Gasteiger partial charge is 0.217 e. The van der Waals surface area contributed by atoms with Gasteiger partial charge in [0.05, 0.1) is 0 Å². The van der Waals surface area contributed by atoms with Crippen LogP contribution >= 0.6 is 0 Å². The molecule has 18 heavy (non-hydrogen) atoms. The van der Waals surface area contributed by atoms with Gasteiger partial charge in [-0.2, -0.15) is 0 Å². The van der Waals surface area contributed by atoms with Crippen molar-refractivity contribution < 1.29 is 4.79 Å². The first-order valence-corrected chi connectivity index (χ1v) is 6.59. The van der Waals surface area contributed by atoms with Crippen molar-refractivity contribution in [3.63, 3.8) is 0 Å². The third-order valence-corrected chi connectivity index (χ3v) is 3.51. The highest BCUT2D eigenvalue weighted by molar-refractivity contribution is 5.73. The minimum atomic E-state index is 0.0385. The lowest BCUT2D eigenvalue weighted by Gasteiger charge is -2.36. The minimum Gasteiger partial charge on any atom is -0.354 e. The number of carbonyl (C=O) groups excluding carboxylic acids is 1.